The van der Waals surface area contributed by atoms with Crippen molar-refractivity contribution in [1.82, 2.24) is 0 Å². The standard InChI is InChI=1S/C32H28F8O2/c1-2-3-12-41-23-16-26(33)25(27(34)17-23)11-6-19-5-10-24-22(13-19)9-8-21(30(24)37)7-4-20-14-28(35)31(29(36)15-20)42-18-32(38,39)40/h5,8-10,13-17H,2-4,6-7,11-12,18H2,1H3. The molecule has 0 radical (unpaired) electrons. The van der Waals surface area contributed by atoms with Crippen molar-refractivity contribution in [2.24, 2.45) is 0 Å². The molecule has 4 rings (SSSR count). The highest BCUT2D eigenvalue weighted by molar-refractivity contribution is 5.84. The van der Waals surface area contributed by atoms with E-state index >= 15 is 4.39 Å². The summed E-state index contributed by atoms with van der Waals surface area (Å²) in [5.74, 6) is -5.46. The molecule has 224 valence electrons. The van der Waals surface area contributed by atoms with Crippen molar-refractivity contribution in [3.05, 3.63) is 106 Å². The normalized spacial score (nSPS) is 11.7. The van der Waals surface area contributed by atoms with Gasteiger partial charge in [0.15, 0.2) is 24.0 Å². The van der Waals surface area contributed by atoms with E-state index in [1.807, 2.05) is 6.92 Å². The first-order chi connectivity index (χ1) is 19.9. The molecule has 0 saturated carbocycles. The van der Waals surface area contributed by atoms with Crippen molar-refractivity contribution < 1.29 is 44.6 Å². The summed E-state index contributed by atoms with van der Waals surface area (Å²) >= 11 is 0. The molecule has 0 aliphatic rings. The summed E-state index contributed by atoms with van der Waals surface area (Å²) < 4.78 is 119. The van der Waals surface area contributed by atoms with Gasteiger partial charge in [-0.05, 0) is 66.3 Å². The Hall–Kier alpha value is -3.82. The van der Waals surface area contributed by atoms with E-state index in [2.05, 4.69) is 4.74 Å². The molecule has 0 unspecified atom stereocenters. The minimum atomic E-state index is -4.75. The summed E-state index contributed by atoms with van der Waals surface area (Å²) in [5, 5.41) is 0.869. The number of halogens is 8. The van der Waals surface area contributed by atoms with Crippen molar-refractivity contribution in [3.63, 3.8) is 0 Å². The van der Waals surface area contributed by atoms with E-state index in [9.17, 15) is 30.7 Å². The fourth-order valence-corrected chi connectivity index (χ4v) is 4.57. The molecule has 2 nitrogen and oxygen atoms in total. The van der Waals surface area contributed by atoms with Gasteiger partial charge in [-0.1, -0.05) is 43.7 Å². The number of fused-ring (bicyclic) bond motifs is 1. The van der Waals surface area contributed by atoms with E-state index in [-0.39, 0.29) is 41.7 Å². The zero-order chi connectivity index (χ0) is 30.4. The molecule has 0 spiro atoms. The minimum Gasteiger partial charge on any atom is -0.493 e. The van der Waals surface area contributed by atoms with Crippen molar-refractivity contribution in [2.75, 3.05) is 13.2 Å². The van der Waals surface area contributed by atoms with Gasteiger partial charge in [-0.15, -0.1) is 0 Å². The predicted molar refractivity (Wildman–Crippen MR) is 143 cm³/mol. The van der Waals surface area contributed by atoms with E-state index < -0.39 is 47.6 Å². The van der Waals surface area contributed by atoms with Crippen LogP contribution in [0.15, 0.2) is 54.6 Å². The Balaban J connectivity index is 1.41. The molecule has 0 heterocycles. The number of rotatable bonds is 12. The van der Waals surface area contributed by atoms with Gasteiger partial charge in [-0.2, -0.15) is 13.2 Å². The number of hydrogen-bond acceptors (Lipinski definition) is 2. The van der Waals surface area contributed by atoms with Gasteiger partial charge in [0.2, 0.25) is 0 Å². The molecule has 10 heteroatoms. The largest absolute Gasteiger partial charge is 0.493 e. The number of alkyl halides is 3. The Kier molecular flexibility index (Phi) is 9.96. The van der Waals surface area contributed by atoms with Crippen molar-refractivity contribution >= 4 is 10.8 Å². The molecular weight excluding hydrogens is 568 g/mol. The molecule has 0 N–H and O–H groups in total. The van der Waals surface area contributed by atoms with Crippen LogP contribution in [0.3, 0.4) is 0 Å². The number of unbranched alkanes of at least 4 members (excludes halogenated alkanes) is 1. The molecule has 0 fully saturated rings. The van der Waals surface area contributed by atoms with E-state index in [0.717, 1.165) is 30.5 Å². The first-order valence-electron chi connectivity index (χ1n) is 13.4. The monoisotopic (exact) mass is 596 g/mol. The molecule has 4 aromatic rings. The molecule has 4 aromatic carbocycles. The Morgan fingerprint density at radius 1 is 0.667 bits per heavy atom. The van der Waals surface area contributed by atoms with Gasteiger partial charge in [-0.25, -0.2) is 22.0 Å². The fraction of sp³-hybridized carbons (Fsp3) is 0.312. The van der Waals surface area contributed by atoms with Crippen LogP contribution in [0.2, 0.25) is 0 Å². The van der Waals surface area contributed by atoms with Gasteiger partial charge in [0.05, 0.1) is 6.61 Å². The number of benzene rings is 4. The van der Waals surface area contributed by atoms with E-state index in [4.69, 9.17) is 4.74 Å². The van der Waals surface area contributed by atoms with E-state index in [1.54, 1.807) is 24.3 Å². The highest BCUT2D eigenvalue weighted by Gasteiger charge is 2.30. The second kappa shape index (κ2) is 13.4. The fourth-order valence-electron chi connectivity index (χ4n) is 4.57. The van der Waals surface area contributed by atoms with Crippen molar-refractivity contribution in [1.29, 1.82) is 0 Å². The molecule has 0 saturated heterocycles. The molecular formula is C32H28F8O2. The van der Waals surface area contributed by atoms with Gasteiger partial charge < -0.3 is 9.47 Å². The van der Waals surface area contributed by atoms with Crippen molar-refractivity contribution in [2.45, 2.75) is 51.6 Å². The van der Waals surface area contributed by atoms with Gasteiger partial charge in [0.25, 0.3) is 0 Å². The van der Waals surface area contributed by atoms with Crippen LogP contribution in [0.4, 0.5) is 35.1 Å². The van der Waals surface area contributed by atoms with E-state index in [0.29, 0.717) is 23.8 Å². The van der Waals surface area contributed by atoms with Gasteiger partial charge in [0, 0.05) is 23.1 Å². The van der Waals surface area contributed by atoms with Gasteiger partial charge in [0.1, 0.15) is 23.2 Å². The maximum absolute atomic E-state index is 15.3. The third-order valence-electron chi connectivity index (χ3n) is 6.76. The van der Waals surface area contributed by atoms with Crippen LogP contribution in [0.25, 0.3) is 10.8 Å². The molecule has 0 amide bonds. The third-order valence-corrected chi connectivity index (χ3v) is 6.76. The van der Waals surface area contributed by atoms with Crippen LogP contribution >= 0.6 is 0 Å². The predicted octanol–water partition coefficient (Wildman–Crippen LogP) is 9.23. The smallest absolute Gasteiger partial charge is 0.422 e. The number of aryl methyl sites for hydroxylation is 3. The lowest BCUT2D eigenvalue weighted by Gasteiger charge is -2.12. The average Bonchev–Trinajstić information content (AvgIpc) is 2.91. The highest BCUT2D eigenvalue weighted by atomic mass is 19.4. The zero-order valence-corrected chi connectivity index (χ0v) is 22.7. The first-order valence-corrected chi connectivity index (χ1v) is 13.4. The first kappa shape index (κ1) is 31.1. The molecule has 0 atom stereocenters. The second-order valence-corrected chi connectivity index (χ2v) is 9.95. The topological polar surface area (TPSA) is 18.5 Å². The summed E-state index contributed by atoms with van der Waals surface area (Å²) in [6, 6.07) is 12.2. The molecule has 0 aromatic heterocycles. The van der Waals surface area contributed by atoms with Crippen LogP contribution in [-0.2, 0) is 25.7 Å². The Bertz CT molecular complexity index is 1500. The molecule has 42 heavy (non-hydrogen) atoms. The maximum atomic E-state index is 15.3. The highest BCUT2D eigenvalue weighted by Crippen LogP contribution is 2.29. The zero-order valence-electron chi connectivity index (χ0n) is 22.7. The quantitative estimate of drug-likeness (QED) is 0.120. The Labute approximate surface area is 237 Å². The second-order valence-electron chi connectivity index (χ2n) is 9.95. The minimum absolute atomic E-state index is 0.0213. The summed E-state index contributed by atoms with van der Waals surface area (Å²) in [7, 11) is 0. The summed E-state index contributed by atoms with van der Waals surface area (Å²) in [6.45, 7) is 0.521. The molecule has 0 bridgehead atoms. The van der Waals surface area contributed by atoms with Gasteiger partial charge >= 0.3 is 6.18 Å². The van der Waals surface area contributed by atoms with Crippen LogP contribution in [-0.4, -0.2) is 19.4 Å². The third kappa shape index (κ3) is 7.92. The number of hydrogen-bond donors (Lipinski definition) is 0. The Morgan fingerprint density at radius 2 is 1.33 bits per heavy atom. The molecule has 0 aliphatic heterocycles. The molecule has 0 aliphatic carbocycles. The SMILES string of the molecule is CCCCOc1cc(F)c(CCc2ccc3c(F)c(CCc4cc(F)c(OCC(F)(F)F)c(F)c4)ccc3c2)c(F)c1. The lowest BCUT2D eigenvalue weighted by molar-refractivity contribution is -0.154. The lowest BCUT2D eigenvalue weighted by atomic mass is 9.97. The Morgan fingerprint density at radius 3 is 1.98 bits per heavy atom. The lowest BCUT2D eigenvalue weighted by Crippen LogP contribution is -2.20. The average molecular weight is 597 g/mol. The van der Waals surface area contributed by atoms with E-state index in [1.165, 1.54) is 18.2 Å². The van der Waals surface area contributed by atoms with Crippen LogP contribution in [0, 0.1) is 29.1 Å². The van der Waals surface area contributed by atoms with Crippen LogP contribution in [0.5, 0.6) is 11.5 Å². The summed E-state index contributed by atoms with van der Waals surface area (Å²) in [5.41, 5.74) is 1.08. The van der Waals surface area contributed by atoms with Crippen molar-refractivity contribution in [3.8, 4) is 11.5 Å². The summed E-state index contributed by atoms with van der Waals surface area (Å²) in [6.07, 6.45) is -2.59. The van der Waals surface area contributed by atoms with Gasteiger partial charge in [-0.3, -0.25) is 0 Å². The summed E-state index contributed by atoms with van der Waals surface area (Å²) in [4.78, 5) is 0. The van der Waals surface area contributed by atoms with Crippen LogP contribution < -0.4 is 9.47 Å². The maximum Gasteiger partial charge on any atom is 0.422 e. The number of ether oxygens (including phenoxy) is 2. The van der Waals surface area contributed by atoms with Crippen LogP contribution in [0.1, 0.15) is 42.0 Å².